The molecule has 4 aromatic heterocycles. The Kier molecular flexibility index (Phi) is 16.8. The van der Waals surface area contributed by atoms with Crippen LogP contribution < -0.4 is 9.13 Å². The van der Waals surface area contributed by atoms with Crippen molar-refractivity contribution in [2.75, 3.05) is 0 Å². The first-order valence-electron chi connectivity index (χ1n) is 22.3. The van der Waals surface area contributed by atoms with Gasteiger partial charge in [0.1, 0.15) is 6.54 Å². The molecule has 0 aliphatic carbocycles. The van der Waals surface area contributed by atoms with Crippen molar-refractivity contribution in [3.8, 4) is 67.3 Å². The highest BCUT2D eigenvalue weighted by Crippen LogP contribution is 2.32. The summed E-state index contributed by atoms with van der Waals surface area (Å²) in [5.41, 5.74) is 19.5. The van der Waals surface area contributed by atoms with Gasteiger partial charge in [-0.15, -0.1) is 0 Å². The van der Waals surface area contributed by atoms with Gasteiger partial charge in [-0.05, 0) is 129 Å². The van der Waals surface area contributed by atoms with E-state index in [0.29, 0.717) is 5.92 Å². The minimum Gasteiger partial charge on any atom is -0.418 e. The Bertz CT molecular complexity index is 2700. The van der Waals surface area contributed by atoms with Crippen LogP contribution in [0.5, 0.6) is 0 Å². The molecule has 0 saturated carbocycles. The van der Waals surface area contributed by atoms with E-state index in [0.717, 1.165) is 31.5 Å². The van der Waals surface area contributed by atoms with Gasteiger partial charge in [-0.1, -0.05) is 77.7 Å². The summed E-state index contributed by atoms with van der Waals surface area (Å²) in [7, 11) is -12.0. The van der Waals surface area contributed by atoms with Crippen molar-refractivity contribution in [2.45, 2.75) is 60.5 Å². The molecular weight excluding hydrogens is 878 g/mol. The minimum atomic E-state index is -6.00. The molecule has 1 unspecified atom stereocenters. The fourth-order valence-corrected chi connectivity index (χ4v) is 7.96. The van der Waals surface area contributed by atoms with E-state index in [4.69, 9.17) is 0 Å². The summed E-state index contributed by atoms with van der Waals surface area (Å²) in [5.74, 6) is 0.410. The summed E-state index contributed by atoms with van der Waals surface area (Å²) in [6, 6.07) is 53.8. The lowest BCUT2D eigenvalue weighted by Crippen LogP contribution is -2.42. The lowest BCUT2D eigenvalue weighted by molar-refractivity contribution is -0.684. The average Bonchev–Trinajstić information content (AvgIpc) is 3.30. The molecular formula is C54H52B2F8N4. The molecule has 0 bridgehead atoms. The number of aromatic nitrogens is 4. The van der Waals surface area contributed by atoms with Crippen LogP contribution in [0.2, 0.25) is 0 Å². The smallest absolute Gasteiger partial charge is 0.418 e. The lowest BCUT2D eigenvalue weighted by atomic mass is 9.97. The molecule has 4 nitrogen and oxygen atoms in total. The van der Waals surface area contributed by atoms with Crippen LogP contribution in [0, 0.1) is 33.6 Å². The highest BCUT2D eigenvalue weighted by molar-refractivity contribution is 6.50. The molecule has 0 aliphatic rings. The molecule has 4 aromatic carbocycles. The van der Waals surface area contributed by atoms with E-state index in [-0.39, 0.29) is 0 Å². The number of pyridine rings is 4. The molecule has 0 spiro atoms. The first-order valence-corrected chi connectivity index (χ1v) is 22.3. The first kappa shape index (κ1) is 50.5. The quantitative estimate of drug-likeness (QED) is 0.0695. The minimum absolute atomic E-state index is 0.410. The highest BCUT2D eigenvalue weighted by atomic mass is 19.5. The predicted molar refractivity (Wildman–Crippen MR) is 259 cm³/mol. The standard InChI is InChI=1S/C54H52N4.2BF4/c1-38-8-16-45(17-9-38)51-33-49(43-24-28-55-29-25-43)34-52(46-18-10-39(2)11-19-46)57(51)32-6-7-42(5)37-58-53(47-20-12-40(3)13-21-47)35-50(44-26-30-56-31-27-44)36-54(58)48-22-14-41(4)15-23-48;2*2-1(3,4)5/h8-31,33-36,42H,6-7,32,37H2,1-5H3;;/q+2;2*-1. The third kappa shape index (κ3) is 15.0. The molecule has 0 saturated heterocycles. The third-order valence-corrected chi connectivity index (χ3v) is 11.3. The summed E-state index contributed by atoms with van der Waals surface area (Å²) in [6.07, 6.45) is 9.64. The fraction of sp³-hybridized carbons (Fsp3) is 0.185. The topological polar surface area (TPSA) is 33.5 Å². The Morgan fingerprint density at radius 1 is 0.382 bits per heavy atom. The maximum atomic E-state index is 9.75. The molecule has 0 aliphatic heterocycles. The molecule has 0 N–H and O–H groups in total. The number of hydrogen-bond acceptors (Lipinski definition) is 2. The maximum absolute atomic E-state index is 9.75. The normalized spacial score (nSPS) is 11.8. The monoisotopic (exact) mass is 930 g/mol. The average molecular weight is 931 g/mol. The van der Waals surface area contributed by atoms with E-state index >= 15 is 0 Å². The van der Waals surface area contributed by atoms with Gasteiger partial charge in [0.25, 0.3) is 0 Å². The predicted octanol–water partition coefficient (Wildman–Crippen LogP) is 15.0. The molecule has 0 amide bonds. The second kappa shape index (κ2) is 22.7. The second-order valence-electron chi connectivity index (χ2n) is 17.0. The van der Waals surface area contributed by atoms with Crippen LogP contribution >= 0.6 is 0 Å². The van der Waals surface area contributed by atoms with Crippen molar-refractivity contribution in [3.05, 3.63) is 193 Å². The van der Waals surface area contributed by atoms with Crippen molar-refractivity contribution in [1.29, 1.82) is 0 Å². The van der Waals surface area contributed by atoms with E-state index in [9.17, 15) is 34.5 Å². The van der Waals surface area contributed by atoms with Gasteiger partial charge in [0.05, 0.1) is 0 Å². The fourth-order valence-electron chi connectivity index (χ4n) is 7.96. The zero-order chi connectivity index (χ0) is 49.0. The molecule has 8 aromatic rings. The summed E-state index contributed by atoms with van der Waals surface area (Å²) >= 11 is 0. The van der Waals surface area contributed by atoms with Crippen LogP contribution in [0.4, 0.5) is 34.5 Å². The number of aryl methyl sites for hydroxylation is 4. The number of nitrogens with zero attached hydrogens (tertiary/aromatic N) is 4. The highest BCUT2D eigenvalue weighted by Gasteiger charge is 2.27. The van der Waals surface area contributed by atoms with Crippen molar-refractivity contribution in [2.24, 2.45) is 5.92 Å². The number of halogens is 8. The van der Waals surface area contributed by atoms with Crippen molar-refractivity contribution < 1.29 is 43.7 Å². The Hall–Kier alpha value is -6.95. The summed E-state index contributed by atoms with van der Waals surface area (Å²) in [6.45, 7) is 12.8. The third-order valence-electron chi connectivity index (χ3n) is 11.3. The zero-order valence-electron chi connectivity index (χ0n) is 38.5. The van der Waals surface area contributed by atoms with Crippen LogP contribution in [0.3, 0.4) is 0 Å². The number of benzene rings is 4. The molecule has 8 rings (SSSR count). The Balaban J connectivity index is 0.000000691. The Morgan fingerprint density at radius 2 is 0.647 bits per heavy atom. The zero-order valence-corrected chi connectivity index (χ0v) is 38.5. The maximum Gasteiger partial charge on any atom is 0.673 e. The molecule has 68 heavy (non-hydrogen) atoms. The SMILES string of the molecule is Cc1ccc(-c2cc(-c3ccncc3)cc(-c3ccc(C)cc3)[n+]2CCCC(C)C[n+]2c(-c3ccc(C)cc3)cc(-c3ccncc3)cc2-c2ccc(C)cc2)cc1.F[B-](F)(F)F.F[B-](F)(F)F. The lowest BCUT2D eigenvalue weighted by Gasteiger charge is -2.17. The molecule has 0 radical (unpaired) electrons. The van der Waals surface area contributed by atoms with E-state index in [1.165, 1.54) is 84.0 Å². The van der Waals surface area contributed by atoms with Gasteiger partial charge < -0.3 is 34.5 Å². The van der Waals surface area contributed by atoms with E-state index in [1.807, 2.05) is 24.8 Å². The van der Waals surface area contributed by atoms with Gasteiger partial charge in [0.2, 0.25) is 22.8 Å². The number of rotatable bonds is 12. The largest absolute Gasteiger partial charge is 0.673 e. The van der Waals surface area contributed by atoms with Crippen molar-refractivity contribution in [3.63, 3.8) is 0 Å². The van der Waals surface area contributed by atoms with E-state index in [1.54, 1.807) is 0 Å². The molecule has 4 heterocycles. The Labute approximate surface area is 393 Å². The second-order valence-corrected chi connectivity index (χ2v) is 17.0. The first-order chi connectivity index (χ1) is 32.3. The van der Waals surface area contributed by atoms with Gasteiger partial charge in [-0.3, -0.25) is 9.97 Å². The molecule has 1 atom stereocenters. The molecule has 14 heteroatoms. The molecule has 350 valence electrons. The summed E-state index contributed by atoms with van der Waals surface area (Å²) in [4.78, 5) is 8.64. The number of hydrogen-bond donors (Lipinski definition) is 0. The summed E-state index contributed by atoms with van der Waals surface area (Å²) < 4.78 is 83.1. The van der Waals surface area contributed by atoms with E-state index in [2.05, 4.69) is 199 Å². The van der Waals surface area contributed by atoms with Crippen molar-refractivity contribution in [1.82, 2.24) is 9.97 Å². The van der Waals surface area contributed by atoms with Gasteiger partial charge in [0, 0.05) is 83.6 Å². The van der Waals surface area contributed by atoms with Gasteiger partial charge in [-0.25, -0.2) is 0 Å². The van der Waals surface area contributed by atoms with Gasteiger partial charge >= 0.3 is 14.5 Å². The summed E-state index contributed by atoms with van der Waals surface area (Å²) in [5, 5.41) is 0. The van der Waals surface area contributed by atoms with Crippen LogP contribution in [-0.4, -0.2) is 24.5 Å². The van der Waals surface area contributed by atoms with Crippen LogP contribution in [0.15, 0.2) is 170 Å². The van der Waals surface area contributed by atoms with Gasteiger partial charge in [-0.2, -0.15) is 9.13 Å². The van der Waals surface area contributed by atoms with Crippen LogP contribution in [0.25, 0.3) is 67.3 Å². The Morgan fingerprint density at radius 3 is 0.926 bits per heavy atom. The van der Waals surface area contributed by atoms with Crippen LogP contribution in [-0.2, 0) is 13.1 Å². The van der Waals surface area contributed by atoms with Gasteiger partial charge in [0.15, 0.2) is 6.54 Å². The molecule has 0 fully saturated rings. The van der Waals surface area contributed by atoms with Crippen LogP contribution in [0.1, 0.15) is 42.0 Å². The van der Waals surface area contributed by atoms with E-state index < -0.39 is 14.5 Å². The van der Waals surface area contributed by atoms with Crippen molar-refractivity contribution >= 4 is 14.5 Å².